The minimum atomic E-state index is 0. The van der Waals surface area contributed by atoms with E-state index in [-0.39, 0.29) is 29.5 Å². The zero-order valence-corrected chi connectivity index (χ0v) is 7.07. The molecule has 1 aliphatic heterocycles. The van der Waals surface area contributed by atoms with Crippen molar-refractivity contribution in [2.75, 3.05) is 26.2 Å². The Morgan fingerprint density at radius 2 is 1.00 bits per heavy atom. The van der Waals surface area contributed by atoms with Crippen molar-refractivity contribution < 1.29 is 5.48 Å². The molecule has 0 unspecified atom stereocenters. The van der Waals surface area contributed by atoms with Crippen LogP contribution in [-0.2, 0) is 0 Å². The molecule has 1 saturated heterocycles. The largest absolute Gasteiger partial charge is 0.412 e. The summed E-state index contributed by atoms with van der Waals surface area (Å²) in [5.41, 5.74) is 0. The monoisotopic (exact) mass is 232 g/mol. The van der Waals surface area contributed by atoms with Crippen molar-refractivity contribution >= 4 is 24.0 Å². The third-order valence-electron chi connectivity index (χ3n) is 0.957. The highest BCUT2D eigenvalue weighted by atomic mass is 127. The van der Waals surface area contributed by atoms with E-state index in [2.05, 4.69) is 10.6 Å². The first kappa shape index (κ1) is 11.4. The molecule has 0 aromatic rings. The van der Waals surface area contributed by atoms with E-state index < -0.39 is 0 Å². The predicted molar refractivity (Wildman–Crippen MR) is 44.8 cm³/mol. The van der Waals surface area contributed by atoms with Gasteiger partial charge in [0.25, 0.3) is 0 Å². The summed E-state index contributed by atoms with van der Waals surface area (Å²) in [5, 5.41) is 6.44. The van der Waals surface area contributed by atoms with Gasteiger partial charge in [0, 0.05) is 26.2 Å². The van der Waals surface area contributed by atoms with Crippen molar-refractivity contribution in [3.05, 3.63) is 0 Å². The molecule has 52 valence electrons. The second-order valence-corrected chi connectivity index (χ2v) is 1.50. The van der Waals surface area contributed by atoms with Gasteiger partial charge in [-0.25, -0.2) is 0 Å². The molecule has 1 heterocycles. The average molecular weight is 232 g/mol. The third-order valence-corrected chi connectivity index (χ3v) is 0.957. The first-order chi connectivity index (χ1) is 3.00. The van der Waals surface area contributed by atoms with Gasteiger partial charge in [0.15, 0.2) is 0 Å². The Kier molecular flexibility index (Phi) is 10.9. The Morgan fingerprint density at radius 1 is 0.750 bits per heavy atom. The maximum atomic E-state index is 3.22. The van der Waals surface area contributed by atoms with Gasteiger partial charge in [0.05, 0.1) is 0 Å². The summed E-state index contributed by atoms with van der Waals surface area (Å²) in [5.74, 6) is 0. The smallest absolute Gasteiger partial charge is 0.00772 e. The molecule has 0 aliphatic carbocycles. The first-order valence-electron chi connectivity index (χ1n) is 2.41. The lowest BCUT2D eigenvalue weighted by molar-refractivity contribution is 0.534. The maximum Gasteiger partial charge on any atom is 0.00772 e. The second kappa shape index (κ2) is 7.61. The van der Waals surface area contributed by atoms with Crippen LogP contribution in [0.4, 0.5) is 0 Å². The van der Waals surface area contributed by atoms with Crippen molar-refractivity contribution in [2.45, 2.75) is 0 Å². The highest BCUT2D eigenvalue weighted by molar-refractivity contribution is 14.0. The topological polar surface area (TPSA) is 55.6 Å². The Hall–Kier alpha value is 0.610. The summed E-state index contributed by atoms with van der Waals surface area (Å²) in [7, 11) is 0. The third kappa shape index (κ3) is 4.76. The lowest BCUT2D eigenvalue weighted by Crippen LogP contribution is -2.39. The van der Waals surface area contributed by atoms with Crippen LogP contribution >= 0.6 is 24.0 Å². The Labute approximate surface area is 66.6 Å². The van der Waals surface area contributed by atoms with E-state index in [1.54, 1.807) is 0 Å². The van der Waals surface area contributed by atoms with Crippen LogP contribution in [0.5, 0.6) is 0 Å². The molecule has 0 aromatic carbocycles. The van der Waals surface area contributed by atoms with Crippen LogP contribution in [0.25, 0.3) is 0 Å². The van der Waals surface area contributed by atoms with Crippen LogP contribution in [-0.4, -0.2) is 31.7 Å². The highest BCUT2D eigenvalue weighted by Crippen LogP contribution is 1.65. The van der Waals surface area contributed by atoms with Crippen molar-refractivity contribution in [3.8, 4) is 0 Å². The molecule has 8 heavy (non-hydrogen) atoms. The van der Waals surface area contributed by atoms with Gasteiger partial charge >= 0.3 is 0 Å². The van der Waals surface area contributed by atoms with E-state index in [0.717, 1.165) is 26.2 Å². The summed E-state index contributed by atoms with van der Waals surface area (Å²) in [4.78, 5) is 0. The molecule has 0 atom stereocenters. The van der Waals surface area contributed by atoms with Gasteiger partial charge in [0.1, 0.15) is 0 Å². The van der Waals surface area contributed by atoms with Gasteiger partial charge in [-0.05, 0) is 0 Å². The summed E-state index contributed by atoms with van der Waals surface area (Å²) < 4.78 is 0. The lowest BCUT2D eigenvalue weighted by Gasteiger charge is -2.11. The zero-order valence-electron chi connectivity index (χ0n) is 4.74. The quantitative estimate of drug-likeness (QED) is 0.525. The standard InChI is InChI=1S/C4H10N2.HI.H2O/c1-2-6-4-3-5-1;;/h5-6H,1-4H2;1H;1H2. The number of piperazine rings is 1. The number of hydrogen-bond donors (Lipinski definition) is 2. The Morgan fingerprint density at radius 3 is 1.12 bits per heavy atom. The van der Waals surface area contributed by atoms with Gasteiger partial charge in [-0.2, -0.15) is 0 Å². The molecule has 4 N–H and O–H groups in total. The average Bonchev–Trinajstić information content (AvgIpc) is 1.72. The van der Waals surface area contributed by atoms with Crippen LogP contribution in [0.15, 0.2) is 0 Å². The van der Waals surface area contributed by atoms with Crippen LogP contribution in [0, 0.1) is 0 Å². The molecule has 0 saturated carbocycles. The molecule has 1 aliphatic rings. The molecule has 0 amide bonds. The van der Waals surface area contributed by atoms with Crippen LogP contribution < -0.4 is 10.6 Å². The van der Waals surface area contributed by atoms with Crippen molar-refractivity contribution in [2.24, 2.45) is 0 Å². The van der Waals surface area contributed by atoms with E-state index in [1.807, 2.05) is 0 Å². The summed E-state index contributed by atoms with van der Waals surface area (Å²) in [6.07, 6.45) is 0. The normalized spacial score (nSPS) is 18.0. The van der Waals surface area contributed by atoms with Crippen molar-refractivity contribution in [1.29, 1.82) is 0 Å². The fourth-order valence-corrected chi connectivity index (χ4v) is 0.604. The zero-order chi connectivity index (χ0) is 4.24. The summed E-state index contributed by atoms with van der Waals surface area (Å²) >= 11 is 0. The molecule has 0 bridgehead atoms. The van der Waals surface area contributed by atoms with E-state index in [0.29, 0.717) is 0 Å². The van der Waals surface area contributed by atoms with E-state index >= 15 is 0 Å². The van der Waals surface area contributed by atoms with Gasteiger partial charge < -0.3 is 16.1 Å². The Bertz CT molecular complexity index is 29.5. The molecular weight excluding hydrogens is 219 g/mol. The SMILES string of the molecule is C1CNCCN1.I.O. The molecule has 0 radical (unpaired) electrons. The van der Waals surface area contributed by atoms with E-state index in [1.165, 1.54) is 0 Å². The van der Waals surface area contributed by atoms with Crippen LogP contribution in [0.3, 0.4) is 0 Å². The molecule has 0 spiro atoms. The molecule has 3 nitrogen and oxygen atoms in total. The number of nitrogens with one attached hydrogen (secondary N) is 2. The number of hydrogen-bond acceptors (Lipinski definition) is 2. The van der Waals surface area contributed by atoms with Crippen molar-refractivity contribution in [3.63, 3.8) is 0 Å². The summed E-state index contributed by atoms with van der Waals surface area (Å²) in [6, 6.07) is 0. The van der Waals surface area contributed by atoms with Crippen molar-refractivity contribution in [1.82, 2.24) is 10.6 Å². The number of rotatable bonds is 0. The lowest BCUT2D eigenvalue weighted by atomic mass is 10.4. The van der Waals surface area contributed by atoms with Gasteiger partial charge in [0.2, 0.25) is 0 Å². The molecule has 1 fully saturated rings. The highest BCUT2D eigenvalue weighted by Gasteiger charge is 1.91. The molecule has 0 aromatic heterocycles. The van der Waals surface area contributed by atoms with Gasteiger partial charge in [-0.3, -0.25) is 0 Å². The molecule has 4 heteroatoms. The summed E-state index contributed by atoms with van der Waals surface area (Å²) in [6.45, 7) is 4.56. The van der Waals surface area contributed by atoms with Gasteiger partial charge in [-0.1, -0.05) is 0 Å². The van der Waals surface area contributed by atoms with Crippen LogP contribution in [0.2, 0.25) is 0 Å². The second-order valence-electron chi connectivity index (χ2n) is 1.50. The van der Waals surface area contributed by atoms with Crippen LogP contribution in [0.1, 0.15) is 0 Å². The maximum absolute atomic E-state index is 3.22. The molecule has 1 rings (SSSR count). The fourth-order valence-electron chi connectivity index (χ4n) is 0.604. The molecular formula is C4H13IN2O. The number of halogens is 1. The van der Waals surface area contributed by atoms with E-state index in [9.17, 15) is 0 Å². The predicted octanol–water partition coefficient (Wildman–Crippen LogP) is -1.03. The Balaban J connectivity index is 0. The minimum absolute atomic E-state index is 0. The fraction of sp³-hybridized carbons (Fsp3) is 1.00. The van der Waals surface area contributed by atoms with E-state index in [4.69, 9.17) is 0 Å². The van der Waals surface area contributed by atoms with Gasteiger partial charge in [-0.15, -0.1) is 24.0 Å². The minimum Gasteiger partial charge on any atom is -0.412 e. The first-order valence-corrected chi connectivity index (χ1v) is 2.41.